The number of ether oxygens (including phenoxy) is 1. The molecule has 1 aliphatic rings. The normalized spacial score (nSPS) is 18.5. The fourth-order valence-electron chi connectivity index (χ4n) is 3.92. The van der Waals surface area contributed by atoms with Crippen molar-refractivity contribution in [2.24, 2.45) is 0 Å². The Morgan fingerprint density at radius 2 is 1.81 bits per heavy atom. The van der Waals surface area contributed by atoms with Crippen molar-refractivity contribution in [1.29, 1.82) is 0 Å². The Balaban J connectivity index is 1.74. The van der Waals surface area contributed by atoms with Crippen molar-refractivity contribution in [3.8, 4) is 5.75 Å². The maximum atomic E-state index is 13.3. The number of carbonyl (C=O) groups excluding carboxylic acids is 1. The first-order valence-electron chi connectivity index (χ1n) is 10.8. The number of tetrazole rings is 1. The number of hydrogen-bond acceptors (Lipinski definition) is 5. The second kappa shape index (κ2) is 8.82. The van der Waals surface area contributed by atoms with Crippen LogP contribution < -0.4 is 15.7 Å². The maximum Gasteiger partial charge on any atom is 0.366 e. The molecule has 8 nitrogen and oxygen atoms in total. The number of benzene rings is 2. The number of carbonyl (C=O) groups is 1. The number of nitrogens with one attached hydrogen (secondary N) is 2. The molecule has 2 aromatic carbocycles. The van der Waals surface area contributed by atoms with Crippen LogP contribution in [0.3, 0.4) is 0 Å². The maximum absolute atomic E-state index is 13.3. The Labute approximate surface area is 186 Å². The highest BCUT2D eigenvalue weighted by Crippen LogP contribution is 2.39. The van der Waals surface area contributed by atoms with Gasteiger partial charge in [-0.2, -0.15) is 4.68 Å². The lowest BCUT2D eigenvalue weighted by Gasteiger charge is -2.37. The zero-order valence-corrected chi connectivity index (χ0v) is 18.5. The Kier molecular flexibility index (Phi) is 5.94. The Morgan fingerprint density at radius 3 is 2.44 bits per heavy atom. The smallest absolute Gasteiger partial charge is 0.366 e. The highest BCUT2D eigenvalue weighted by atomic mass is 16.5. The molecule has 2 N–H and O–H groups in total. The van der Waals surface area contributed by atoms with E-state index in [1.807, 2.05) is 62.4 Å². The molecule has 32 heavy (non-hydrogen) atoms. The van der Waals surface area contributed by atoms with Crippen molar-refractivity contribution in [3.05, 3.63) is 75.7 Å². The van der Waals surface area contributed by atoms with Crippen LogP contribution in [0.25, 0.3) is 11.3 Å². The van der Waals surface area contributed by atoms with Gasteiger partial charge in [-0.15, -0.1) is 0 Å². The van der Waals surface area contributed by atoms with E-state index in [4.69, 9.17) is 4.74 Å². The van der Waals surface area contributed by atoms with Crippen molar-refractivity contribution in [3.63, 3.8) is 0 Å². The second-order valence-corrected chi connectivity index (χ2v) is 8.30. The molecule has 0 spiro atoms. The van der Waals surface area contributed by atoms with Gasteiger partial charge in [-0.25, -0.2) is 9.89 Å². The van der Waals surface area contributed by atoms with Gasteiger partial charge in [0, 0.05) is 6.42 Å². The number of amides is 1. The molecule has 1 aromatic heterocycles. The van der Waals surface area contributed by atoms with Crippen LogP contribution in [0.2, 0.25) is 0 Å². The minimum atomic E-state index is -0.671. The first kappa shape index (κ1) is 21.5. The number of rotatable bonds is 7. The van der Waals surface area contributed by atoms with E-state index in [0.29, 0.717) is 13.0 Å². The number of aromatic nitrogens is 4. The molecule has 0 radical (unpaired) electrons. The van der Waals surface area contributed by atoms with Gasteiger partial charge in [0.2, 0.25) is 0 Å². The minimum absolute atomic E-state index is 0.185. The number of aryl methyl sites for hydroxylation is 1. The van der Waals surface area contributed by atoms with Gasteiger partial charge >= 0.3 is 5.69 Å². The Bertz CT molecular complexity index is 1190. The van der Waals surface area contributed by atoms with Gasteiger partial charge < -0.3 is 10.1 Å². The molecule has 4 rings (SSSR count). The summed E-state index contributed by atoms with van der Waals surface area (Å²) >= 11 is 0. The molecule has 1 amide bonds. The van der Waals surface area contributed by atoms with Crippen LogP contribution in [0.5, 0.6) is 5.75 Å². The topological polar surface area (TPSA) is 102 Å². The SMILES string of the molecule is CCCCOc1ccc([C@]2(C)CC(c3ccc(C)cc3)=C(n3nn[nH]c3=O)C(=O)N2)cc1. The van der Waals surface area contributed by atoms with Gasteiger partial charge in [-0.1, -0.05) is 55.3 Å². The molecule has 0 unspecified atom stereocenters. The van der Waals surface area contributed by atoms with E-state index >= 15 is 0 Å². The number of H-pyrrole nitrogens is 1. The van der Waals surface area contributed by atoms with E-state index in [9.17, 15) is 9.59 Å². The first-order chi connectivity index (χ1) is 15.4. The molecule has 0 aliphatic carbocycles. The molecule has 0 saturated heterocycles. The van der Waals surface area contributed by atoms with Crippen molar-refractivity contribution in [2.75, 3.05) is 6.61 Å². The van der Waals surface area contributed by atoms with Gasteiger partial charge in [0.25, 0.3) is 5.91 Å². The molecule has 166 valence electrons. The fraction of sp³-hybridized carbons (Fsp3) is 0.333. The zero-order valence-electron chi connectivity index (χ0n) is 18.5. The van der Waals surface area contributed by atoms with E-state index in [1.54, 1.807) is 0 Å². The van der Waals surface area contributed by atoms with E-state index in [0.717, 1.165) is 45.5 Å². The van der Waals surface area contributed by atoms with E-state index in [2.05, 4.69) is 27.8 Å². The van der Waals surface area contributed by atoms with Gasteiger partial charge in [0.05, 0.1) is 12.1 Å². The van der Waals surface area contributed by atoms with Crippen LogP contribution in [-0.2, 0) is 10.3 Å². The summed E-state index contributed by atoms with van der Waals surface area (Å²) in [6.07, 6.45) is 2.56. The van der Waals surface area contributed by atoms with Crippen molar-refractivity contribution < 1.29 is 9.53 Å². The molecule has 0 bridgehead atoms. The van der Waals surface area contributed by atoms with Gasteiger partial charge in [0.15, 0.2) is 0 Å². The van der Waals surface area contributed by atoms with Crippen LogP contribution in [0.4, 0.5) is 0 Å². The zero-order chi connectivity index (χ0) is 22.7. The Hall–Kier alpha value is -3.68. The predicted molar refractivity (Wildman–Crippen MR) is 122 cm³/mol. The highest BCUT2D eigenvalue weighted by molar-refractivity contribution is 6.22. The van der Waals surface area contributed by atoms with Crippen LogP contribution >= 0.6 is 0 Å². The average Bonchev–Trinajstić information content (AvgIpc) is 3.20. The monoisotopic (exact) mass is 433 g/mol. The third kappa shape index (κ3) is 4.21. The standard InChI is InChI=1S/C24H27N5O3/c1-4-5-14-32-19-12-10-18(11-13-19)24(3)15-20(17-8-6-16(2)7-9-17)21(22(30)25-24)29-23(31)26-27-28-29/h6-13H,4-5,14-15H2,1-3H3,(H,25,30)(H,26,28,31)/t24-/m0/s1. The quantitative estimate of drug-likeness (QED) is 0.557. The molecule has 0 saturated carbocycles. The molecule has 0 fully saturated rings. The number of aromatic amines is 1. The van der Waals surface area contributed by atoms with E-state index < -0.39 is 11.2 Å². The van der Waals surface area contributed by atoms with E-state index in [1.165, 1.54) is 0 Å². The lowest BCUT2D eigenvalue weighted by molar-refractivity contribution is -0.118. The fourth-order valence-corrected chi connectivity index (χ4v) is 3.92. The van der Waals surface area contributed by atoms with Crippen molar-refractivity contribution in [1.82, 2.24) is 25.5 Å². The van der Waals surface area contributed by atoms with Crippen LogP contribution in [-0.4, -0.2) is 32.7 Å². The van der Waals surface area contributed by atoms with E-state index in [-0.39, 0.29) is 11.6 Å². The summed E-state index contributed by atoms with van der Waals surface area (Å²) in [5.74, 6) is 0.422. The van der Waals surface area contributed by atoms with Crippen LogP contribution in [0, 0.1) is 6.92 Å². The van der Waals surface area contributed by atoms with Crippen molar-refractivity contribution >= 4 is 17.2 Å². The lowest BCUT2D eigenvalue weighted by Crippen LogP contribution is -2.49. The van der Waals surface area contributed by atoms with Gasteiger partial charge in [-0.05, 0) is 59.5 Å². The summed E-state index contributed by atoms with van der Waals surface area (Å²) in [6, 6.07) is 15.7. The average molecular weight is 434 g/mol. The second-order valence-electron chi connectivity index (χ2n) is 8.30. The summed E-state index contributed by atoms with van der Waals surface area (Å²) in [7, 11) is 0. The number of nitrogens with zero attached hydrogens (tertiary/aromatic N) is 3. The van der Waals surface area contributed by atoms with Crippen LogP contribution in [0.15, 0.2) is 53.3 Å². The Morgan fingerprint density at radius 1 is 1.09 bits per heavy atom. The molecule has 1 atom stereocenters. The highest BCUT2D eigenvalue weighted by Gasteiger charge is 2.39. The molecular formula is C24H27N5O3. The first-order valence-corrected chi connectivity index (χ1v) is 10.8. The predicted octanol–water partition coefficient (Wildman–Crippen LogP) is 3.26. The minimum Gasteiger partial charge on any atom is -0.494 e. The third-order valence-corrected chi connectivity index (χ3v) is 5.76. The number of unbranched alkanes of at least 4 members (excludes halogenated alkanes) is 1. The number of hydrogen-bond donors (Lipinski definition) is 2. The summed E-state index contributed by atoms with van der Waals surface area (Å²) in [5.41, 5.74) is 2.61. The lowest BCUT2D eigenvalue weighted by atomic mass is 9.79. The molecule has 8 heteroatoms. The summed E-state index contributed by atoms with van der Waals surface area (Å²) in [6.45, 7) is 6.79. The van der Waals surface area contributed by atoms with Gasteiger partial charge in [0.1, 0.15) is 11.4 Å². The molecule has 2 heterocycles. The largest absolute Gasteiger partial charge is 0.494 e. The molecule has 1 aliphatic heterocycles. The van der Waals surface area contributed by atoms with Crippen molar-refractivity contribution in [2.45, 2.75) is 45.6 Å². The van der Waals surface area contributed by atoms with Crippen LogP contribution in [0.1, 0.15) is 49.8 Å². The summed E-state index contributed by atoms with van der Waals surface area (Å²) in [4.78, 5) is 25.5. The van der Waals surface area contributed by atoms with Gasteiger partial charge in [-0.3, -0.25) is 4.79 Å². The summed E-state index contributed by atoms with van der Waals surface area (Å²) < 4.78 is 6.79. The third-order valence-electron chi connectivity index (χ3n) is 5.76. The molecule has 3 aromatic rings. The molecular weight excluding hydrogens is 406 g/mol. The summed E-state index contributed by atoms with van der Waals surface area (Å²) in [5, 5.41) is 12.7.